The van der Waals surface area contributed by atoms with Crippen LogP contribution in [0, 0.1) is 17.3 Å². The van der Waals surface area contributed by atoms with Crippen molar-refractivity contribution in [1.82, 2.24) is 0 Å². The summed E-state index contributed by atoms with van der Waals surface area (Å²) in [4.78, 5) is 24.7. The van der Waals surface area contributed by atoms with Crippen LogP contribution in [-0.4, -0.2) is 23.6 Å². The van der Waals surface area contributed by atoms with E-state index < -0.39 is 11.0 Å². The molecule has 4 atom stereocenters. The van der Waals surface area contributed by atoms with Crippen LogP contribution in [0.1, 0.15) is 65.7 Å². The average Bonchev–Trinajstić information content (AvgIpc) is 2.64. The maximum atomic E-state index is 12.5. The van der Waals surface area contributed by atoms with Crippen LogP contribution in [0.5, 0.6) is 0 Å². The molecule has 1 aliphatic carbocycles. The van der Waals surface area contributed by atoms with Gasteiger partial charge in [-0.3, -0.25) is 9.59 Å². The molecule has 0 N–H and O–H groups in total. The molecule has 3 fully saturated rings. The smallest absolute Gasteiger partial charge is 0.312 e. The van der Waals surface area contributed by atoms with Crippen molar-refractivity contribution >= 4 is 11.9 Å². The molecule has 2 saturated heterocycles. The summed E-state index contributed by atoms with van der Waals surface area (Å²) in [5.74, 6) is 0.346. The molecule has 3 aliphatic rings. The van der Waals surface area contributed by atoms with E-state index in [0.717, 1.165) is 44.9 Å². The topological polar surface area (TPSA) is 52.6 Å². The standard InChI is InChI=1S/C17H26O4/c1-4-16(2,3)15(19)21-17-7-5-11-9-12(6-8-17)14(18)20-13(17)10-11/h11-13H,4-10H2,1-3H3. The highest BCUT2D eigenvalue weighted by Crippen LogP contribution is 2.49. The zero-order valence-corrected chi connectivity index (χ0v) is 13.3. The van der Waals surface area contributed by atoms with E-state index in [9.17, 15) is 9.59 Å². The van der Waals surface area contributed by atoms with Gasteiger partial charge in [0.25, 0.3) is 0 Å². The Labute approximate surface area is 126 Å². The summed E-state index contributed by atoms with van der Waals surface area (Å²) in [7, 11) is 0. The second-order valence-electron chi connectivity index (χ2n) is 7.73. The van der Waals surface area contributed by atoms with Gasteiger partial charge in [-0.2, -0.15) is 0 Å². The van der Waals surface area contributed by atoms with Crippen LogP contribution in [0.4, 0.5) is 0 Å². The van der Waals surface area contributed by atoms with E-state index in [2.05, 4.69) is 0 Å². The molecule has 4 nitrogen and oxygen atoms in total. The van der Waals surface area contributed by atoms with Gasteiger partial charge in [0.1, 0.15) is 11.7 Å². The number of rotatable bonds is 3. The lowest BCUT2D eigenvalue weighted by molar-refractivity contribution is -0.199. The zero-order valence-electron chi connectivity index (χ0n) is 13.3. The maximum Gasteiger partial charge on any atom is 0.312 e. The normalized spacial score (nSPS) is 38.6. The van der Waals surface area contributed by atoms with Crippen molar-refractivity contribution in [2.75, 3.05) is 0 Å². The Hall–Kier alpha value is -1.06. The van der Waals surface area contributed by atoms with Crippen LogP contribution < -0.4 is 0 Å². The first-order valence-corrected chi connectivity index (χ1v) is 8.30. The Bertz CT molecular complexity index is 456. The third kappa shape index (κ3) is 2.47. The third-order valence-electron chi connectivity index (χ3n) is 5.97. The molecule has 0 radical (unpaired) electrons. The number of hydrogen-bond acceptors (Lipinski definition) is 4. The van der Waals surface area contributed by atoms with Gasteiger partial charge in [0.2, 0.25) is 0 Å². The van der Waals surface area contributed by atoms with Crippen LogP contribution in [0.2, 0.25) is 0 Å². The monoisotopic (exact) mass is 294 g/mol. The molecule has 4 unspecified atom stereocenters. The minimum absolute atomic E-state index is 0.0139. The highest BCUT2D eigenvalue weighted by molar-refractivity contribution is 5.77. The number of esters is 2. The molecule has 3 rings (SSSR count). The van der Waals surface area contributed by atoms with Gasteiger partial charge in [-0.05, 0) is 64.7 Å². The molecule has 1 saturated carbocycles. The number of hydrogen-bond donors (Lipinski definition) is 0. The first-order valence-electron chi connectivity index (χ1n) is 8.30. The minimum atomic E-state index is -0.565. The van der Waals surface area contributed by atoms with Crippen molar-refractivity contribution in [3.8, 4) is 0 Å². The molecule has 2 aliphatic heterocycles. The summed E-state index contributed by atoms with van der Waals surface area (Å²) in [5, 5.41) is 0. The predicted molar refractivity (Wildman–Crippen MR) is 77.5 cm³/mol. The van der Waals surface area contributed by atoms with Crippen LogP contribution in [-0.2, 0) is 19.1 Å². The molecular formula is C17H26O4. The van der Waals surface area contributed by atoms with Crippen molar-refractivity contribution < 1.29 is 19.1 Å². The molecule has 0 aromatic heterocycles. The highest BCUT2D eigenvalue weighted by Gasteiger charge is 2.55. The minimum Gasteiger partial charge on any atom is -0.458 e. The molecule has 0 amide bonds. The summed E-state index contributed by atoms with van der Waals surface area (Å²) in [5.41, 5.74) is -1.04. The maximum absolute atomic E-state index is 12.5. The molecule has 0 aromatic carbocycles. The Morgan fingerprint density at radius 2 is 2.05 bits per heavy atom. The second kappa shape index (κ2) is 4.99. The molecule has 118 valence electrons. The Balaban J connectivity index is 1.86. The summed E-state index contributed by atoms with van der Waals surface area (Å²) in [6.07, 6.45) is 5.79. The van der Waals surface area contributed by atoms with Gasteiger partial charge < -0.3 is 9.47 Å². The quantitative estimate of drug-likeness (QED) is 0.750. The number of carbonyl (C=O) groups is 2. The largest absolute Gasteiger partial charge is 0.458 e. The Morgan fingerprint density at radius 3 is 2.76 bits per heavy atom. The molecule has 4 heteroatoms. The molecule has 3 bridgehead atoms. The zero-order chi connectivity index (χ0) is 15.3. The molecular weight excluding hydrogens is 268 g/mol. The first kappa shape index (κ1) is 14.9. The van der Waals surface area contributed by atoms with Gasteiger partial charge in [-0.15, -0.1) is 0 Å². The van der Waals surface area contributed by atoms with Crippen molar-refractivity contribution in [3.05, 3.63) is 0 Å². The van der Waals surface area contributed by atoms with Gasteiger partial charge in [0.05, 0.1) is 11.3 Å². The summed E-state index contributed by atoms with van der Waals surface area (Å²) >= 11 is 0. The number of ether oxygens (including phenoxy) is 2. The van der Waals surface area contributed by atoms with Crippen LogP contribution in [0.25, 0.3) is 0 Å². The van der Waals surface area contributed by atoms with Crippen LogP contribution in [0.3, 0.4) is 0 Å². The van der Waals surface area contributed by atoms with E-state index in [1.165, 1.54) is 0 Å². The van der Waals surface area contributed by atoms with Crippen molar-refractivity contribution in [2.24, 2.45) is 17.3 Å². The predicted octanol–water partition coefficient (Wildman–Crippen LogP) is 3.23. The van der Waals surface area contributed by atoms with Crippen molar-refractivity contribution in [1.29, 1.82) is 0 Å². The lowest BCUT2D eigenvalue weighted by Crippen LogP contribution is -2.52. The van der Waals surface area contributed by atoms with E-state index in [0.29, 0.717) is 5.92 Å². The van der Waals surface area contributed by atoms with Crippen molar-refractivity contribution in [2.45, 2.75) is 77.4 Å². The van der Waals surface area contributed by atoms with Crippen LogP contribution in [0.15, 0.2) is 0 Å². The third-order valence-corrected chi connectivity index (χ3v) is 5.97. The summed E-state index contributed by atoms with van der Waals surface area (Å²) in [6.45, 7) is 5.84. The van der Waals surface area contributed by atoms with E-state index in [4.69, 9.17) is 9.47 Å². The number of carbonyl (C=O) groups excluding carboxylic acids is 2. The Kier molecular flexibility index (Phi) is 3.53. The molecule has 21 heavy (non-hydrogen) atoms. The van der Waals surface area contributed by atoms with E-state index in [1.54, 1.807) is 0 Å². The lowest BCUT2D eigenvalue weighted by atomic mass is 9.68. The summed E-state index contributed by atoms with van der Waals surface area (Å²) < 4.78 is 11.7. The SMILES string of the molecule is CCC(C)(C)C(=O)OC12CCC3CC(CC1)C(=O)OC2C3. The Morgan fingerprint density at radius 1 is 1.33 bits per heavy atom. The van der Waals surface area contributed by atoms with Gasteiger partial charge >= 0.3 is 11.9 Å². The van der Waals surface area contributed by atoms with Gasteiger partial charge in [0.15, 0.2) is 0 Å². The summed E-state index contributed by atoms with van der Waals surface area (Å²) in [6, 6.07) is 0. The van der Waals surface area contributed by atoms with E-state index >= 15 is 0 Å². The van der Waals surface area contributed by atoms with Gasteiger partial charge in [0, 0.05) is 0 Å². The van der Waals surface area contributed by atoms with Gasteiger partial charge in [-0.1, -0.05) is 6.92 Å². The number of fused-ring (bicyclic) bond motifs is 3. The highest BCUT2D eigenvalue weighted by atomic mass is 16.6. The van der Waals surface area contributed by atoms with E-state index in [1.807, 2.05) is 20.8 Å². The van der Waals surface area contributed by atoms with Crippen LogP contribution >= 0.6 is 0 Å². The second-order valence-corrected chi connectivity index (χ2v) is 7.73. The lowest BCUT2D eigenvalue weighted by Gasteiger charge is -2.45. The van der Waals surface area contributed by atoms with E-state index in [-0.39, 0.29) is 24.0 Å². The molecule has 2 heterocycles. The fraction of sp³-hybridized carbons (Fsp3) is 0.882. The van der Waals surface area contributed by atoms with Gasteiger partial charge in [-0.25, -0.2) is 0 Å². The molecule has 0 aromatic rings. The average molecular weight is 294 g/mol. The fourth-order valence-electron chi connectivity index (χ4n) is 3.92. The molecule has 0 spiro atoms. The fourth-order valence-corrected chi connectivity index (χ4v) is 3.92. The van der Waals surface area contributed by atoms with Crippen molar-refractivity contribution in [3.63, 3.8) is 0 Å². The first-order chi connectivity index (χ1) is 9.86.